The Morgan fingerprint density at radius 2 is 2.00 bits per heavy atom. The van der Waals surface area contributed by atoms with Gasteiger partial charge < -0.3 is 10.1 Å². The molecule has 1 heterocycles. The molecular weight excluding hydrogens is 252 g/mol. The highest BCUT2D eigenvalue weighted by Gasteiger charge is 2.18. The first-order chi connectivity index (χ1) is 9.39. The van der Waals surface area contributed by atoms with Crippen LogP contribution in [-0.4, -0.2) is 33.7 Å². The van der Waals surface area contributed by atoms with Gasteiger partial charge in [-0.15, -0.1) is 0 Å². The lowest BCUT2D eigenvalue weighted by Crippen LogP contribution is -2.39. The fraction of sp³-hybridized carbons (Fsp3) is 0.438. The number of nitrogens with zero attached hydrogens (tertiary/aromatic N) is 1. The molecule has 2 rings (SSSR count). The standard InChI is InChI=1S/C16H22N2O2/c1-4-18(11-16(2,3)20)10-13-9-12-7-5-6-8-14(12)17-15(13)19/h5-9,20H,4,10-11H2,1-3H3,(H,17,19). The zero-order valence-corrected chi connectivity index (χ0v) is 12.3. The van der Waals surface area contributed by atoms with Crippen LogP contribution in [0.2, 0.25) is 0 Å². The number of likely N-dealkylation sites (N-methyl/N-ethyl adjacent to an activating group) is 1. The van der Waals surface area contributed by atoms with Crippen LogP contribution in [0.5, 0.6) is 0 Å². The van der Waals surface area contributed by atoms with E-state index in [1.807, 2.05) is 37.3 Å². The summed E-state index contributed by atoms with van der Waals surface area (Å²) in [7, 11) is 0. The van der Waals surface area contributed by atoms with Gasteiger partial charge in [0.1, 0.15) is 0 Å². The van der Waals surface area contributed by atoms with Gasteiger partial charge in [0, 0.05) is 24.2 Å². The van der Waals surface area contributed by atoms with Crippen LogP contribution < -0.4 is 5.56 Å². The molecule has 0 bridgehead atoms. The van der Waals surface area contributed by atoms with Crippen molar-refractivity contribution in [1.82, 2.24) is 9.88 Å². The molecule has 1 aromatic carbocycles. The third-order valence-corrected chi connectivity index (χ3v) is 3.28. The van der Waals surface area contributed by atoms with Crippen molar-refractivity contribution in [2.75, 3.05) is 13.1 Å². The summed E-state index contributed by atoms with van der Waals surface area (Å²) in [5.41, 5.74) is 0.763. The third-order valence-electron chi connectivity index (χ3n) is 3.28. The highest BCUT2D eigenvalue weighted by molar-refractivity contribution is 5.78. The van der Waals surface area contributed by atoms with Gasteiger partial charge in [-0.05, 0) is 37.9 Å². The minimum Gasteiger partial charge on any atom is -0.389 e. The topological polar surface area (TPSA) is 56.3 Å². The van der Waals surface area contributed by atoms with E-state index in [1.165, 1.54) is 0 Å². The Balaban J connectivity index is 2.28. The molecule has 0 aliphatic heterocycles. The van der Waals surface area contributed by atoms with Gasteiger partial charge in [0.05, 0.1) is 5.60 Å². The molecule has 0 fully saturated rings. The summed E-state index contributed by atoms with van der Waals surface area (Å²) in [6.07, 6.45) is 0. The number of pyridine rings is 1. The van der Waals surface area contributed by atoms with Crippen LogP contribution in [0.1, 0.15) is 26.3 Å². The molecule has 20 heavy (non-hydrogen) atoms. The van der Waals surface area contributed by atoms with Crippen molar-refractivity contribution in [3.05, 3.63) is 46.2 Å². The van der Waals surface area contributed by atoms with Crippen LogP contribution in [-0.2, 0) is 6.54 Å². The summed E-state index contributed by atoms with van der Waals surface area (Å²) in [4.78, 5) is 17.1. The number of rotatable bonds is 5. The number of aromatic amines is 1. The highest BCUT2D eigenvalue weighted by atomic mass is 16.3. The molecule has 0 unspecified atom stereocenters. The monoisotopic (exact) mass is 274 g/mol. The van der Waals surface area contributed by atoms with Crippen molar-refractivity contribution < 1.29 is 5.11 Å². The fourth-order valence-electron chi connectivity index (χ4n) is 2.38. The maximum Gasteiger partial charge on any atom is 0.252 e. The summed E-state index contributed by atoms with van der Waals surface area (Å²) >= 11 is 0. The Morgan fingerprint density at radius 1 is 1.30 bits per heavy atom. The minimum atomic E-state index is -0.764. The number of nitrogens with one attached hydrogen (secondary N) is 1. The number of aromatic nitrogens is 1. The Hall–Kier alpha value is -1.65. The Kier molecular flexibility index (Phi) is 4.26. The van der Waals surface area contributed by atoms with Gasteiger partial charge in [-0.2, -0.15) is 0 Å². The van der Waals surface area contributed by atoms with Crippen molar-refractivity contribution in [2.45, 2.75) is 32.9 Å². The molecule has 2 aromatic rings. The predicted octanol–water partition coefficient (Wildman–Crippen LogP) is 2.12. The second-order valence-electron chi connectivity index (χ2n) is 5.83. The Morgan fingerprint density at radius 3 is 2.65 bits per heavy atom. The molecule has 1 aromatic heterocycles. The van der Waals surface area contributed by atoms with Crippen molar-refractivity contribution >= 4 is 10.9 Å². The van der Waals surface area contributed by atoms with Gasteiger partial charge in [0.2, 0.25) is 0 Å². The first kappa shape index (κ1) is 14.8. The van der Waals surface area contributed by atoms with Crippen LogP contribution in [0.15, 0.2) is 35.1 Å². The maximum absolute atomic E-state index is 12.1. The zero-order valence-electron chi connectivity index (χ0n) is 12.3. The minimum absolute atomic E-state index is 0.0575. The van der Waals surface area contributed by atoms with Gasteiger partial charge >= 0.3 is 0 Å². The van der Waals surface area contributed by atoms with Crippen LogP contribution in [0, 0.1) is 0 Å². The largest absolute Gasteiger partial charge is 0.389 e. The molecule has 2 N–H and O–H groups in total. The normalized spacial score (nSPS) is 12.2. The molecule has 0 spiro atoms. The highest BCUT2D eigenvalue weighted by Crippen LogP contribution is 2.13. The van der Waals surface area contributed by atoms with E-state index in [4.69, 9.17) is 0 Å². The van der Waals surface area contributed by atoms with E-state index in [1.54, 1.807) is 13.8 Å². The first-order valence-electron chi connectivity index (χ1n) is 6.95. The second kappa shape index (κ2) is 5.77. The van der Waals surface area contributed by atoms with E-state index >= 15 is 0 Å². The van der Waals surface area contributed by atoms with E-state index in [0.717, 1.165) is 23.0 Å². The summed E-state index contributed by atoms with van der Waals surface area (Å²) < 4.78 is 0. The van der Waals surface area contributed by atoms with Gasteiger partial charge in [-0.1, -0.05) is 25.1 Å². The van der Waals surface area contributed by atoms with Gasteiger partial charge in [0.15, 0.2) is 0 Å². The van der Waals surface area contributed by atoms with E-state index < -0.39 is 5.60 Å². The predicted molar refractivity (Wildman–Crippen MR) is 81.8 cm³/mol. The lowest BCUT2D eigenvalue weighted by molar-refractivity contribution is 0.0352. The Labute approximate surface area is 119 Å². The summed E-state index contributed by atoms with van der Waals surface area (Å²) in [6.45, 7) is 7.45. The Bertz CT molecular complexity index is 641. The lowest BCUT2D eigenvalue weighted by atomic mass is 10.1. The van der Waals surface area contributed by atoms with Crippen molar-refractivity contribution in [1.29, 1.82) is 0 Å². The zero-order chi connectivity index (χ0) is 14.8. The summed E-state index contributed by atoms with van der Waals surface area (Å²) in [5.74, 6) is 0. The summed E-state index contributed by atoms with van der Waals surface area (Å²) in [5, 5.41) is 10.9. The third kappa shape index (κ3) is 3.68. The molecule has 0 aliphatic rings. The van der Waals surface area contributed by atoms with Crippen molar-refractivity contribution in [2.24, 2.45) is 0 Å². The fourth-order valence-corrected chi connectivity index (χ4v) is 2.38. The number of aliphatic hydroxyl groups is 1. The molecule has 0 amide bonds. The van der Waals surface area contributed by atoms with Crippen LogP contribution >= 0.6 is 0 Å². The van der Waals surface area contributed by atoms with E-state index in [-0.39, 0.29) is 5.56 Å². The molecule has 0 saturated carbocycles. The van der Waals surface area contributed by atoms with Crippen LogP contribution in [0.25, 0.3) is 10.9 Å². The SMILES string of the molecule is CCN(Cc1cc2ccccc2[nH]c1=O)CC(C)(C)O. The molecule has 4 nitrogen and oxygen atoms in total. The smallest absolute Gasteiger partial charge is 0.252 e. The summed E-state index contributed by atoms with van der Waals surface area (Å²) in [6, 6.07) is 9.68. The average molecular weight is 274 g/mol. The van der Waals surface area contributed by atoms with E-state index in [2.05, 4.69) is 9.88 Å². The van der Waals surface area contributed by atoms with Gasteiger partial charge in [-0.3, -0.25) is 9.69 Å². The lowest BCUT2D eigenvalue weighted by Gasteiger charge is -2.27. The van der Waals surface area contributed by atoms with E-state index in [0.29, 0.717) is 13.1 Å². The van der Waals surface area contributed by atoms with E-state index in [9.17, 15) is 9.90 Å². The molecule has 0 radical (unpaired) electrons. The van der Waals surface area contributed by atoms with Crippen molar-refractivity contribution in [3.63, 3.8) is 0 Å². The molecule has 0 atom stereocenters. The van der Waals surface area contributed by atoms with Crippen LogP contribution in [0.3, 0.4) is 0 Å². The van der Waals surface area contributed by atoms with Gasteiger partial charge in [-0.25, -0.2) is 0 Å². The quantitative estimate of drug-likeness (QED) is 0.878. The number of fused-ring (bicyclic) bond motifs is 1. The molecule has 108 valence electrons. The van der Waals surface area contributed by atoms with Crippen LogP contribution in [0.4, 0.5) is 0 Å². The number of hydrogen-bond acceptors (Lipinski definition) is 3. The molecule has 0 aliphatic carbocycles. The maximum atomic E-state index is 12.1. The first-order valence-corrected chi connectivity index (χ1v) is 6.95. The number of H-pyrrole nitrogens is 1. The number of hydrogen-bond donors (Lipinski definition) is 2. The van der Waals surface area contributed by atoms with Crippen molar-refractivity contribution in [3.8, 4) is 0 Å². The second-order valence-corrected chi connectivity index (χ2v) is 5.83. The van der Waals surface area contributed by atoms with Gasteiger partial charge in [0.25, 0.3) is 5.56 Å². The average Bonchev–Trinajstić information content (AvgIpc) is 2.37. The number of para-hydroxylation sites is 1. The molecule has 4 heteroatoms. The molecular formula is C16H22N2O2. The molecule has 0 saturated heterocycles. The number of benzene rings is 1.